The Morgan fingerprint density at radius 3 is 2.32 bits per heavy atom. The van der Waals surface area contributed by atoms with Crippen LogP contribution in [0.5, 0.6) is 0 Å². The molecule has 15 heteroatoms. The van der Waals surface area contributed by atoms with Crippen LogP contribution in [0.15, 0.2) is 72.0 Å². The zero-order valence-corrected chi connectivity index (χ0v) is 24.7. The first-order valence-corrected chi connectivity index (χ1v) is 14.7. The van der Waals surface area contributed by atoms with E-state index in [4.69, 9.17) is 9.47 Å². The molecular weight excluding hydrogens is 603 g/mol. The summed E-state index contributed by atoms with van der Waals surface area (Å²) in [7, 11) is -3.77. The molecule has 2 aromatic heterocycles. The van der Waals surface area contributed by atoms with Gasteiger partial charge in [0.05, 0.1) is 17.9 Å². The molecule has 0 atom stereocenters. The van der Waals surface area contributed by atoms with Crippen LogP contribution in [0.25, 0.3) is 22.4 Å². The van der Waals surface area contributed by atoms with Crippen LogP contribution >= 0.6 is 0 Å². The van der Waals surface area contributed by atoms with Crippen molar-refractivity contribution in [2.75, 3.05) is 31.2 Å². The number of aromatic nitrogens is 3. The topological polar surface area (TPSA) is 124 Å². The van der Waals surface area contributed by atoms with Gasteiger partial charge in [-0.05, 0) is 55.8 Å². The van der Waals surface area contributed by atoms with Crippen LogP contribution in [0.1, 0.15) is 13.8 Å². The number of halogens is 3. The molecule has 0 saturated heterocycles. The third-order valence-electron chi connectivity index (χ3n) is 6.35. The Balaban J connectivity index is 1.83. The van der Waals surface area contributed by atoms with Gasteiger partial charge in [0.1, 0.15) is 28.8 Å². The molecule has 0 aliphatic carbocycles. The second kappa shape index (κ2) is 13.6. The van der Waals surface area contributed by atoms with Crippen LogP contribution in [-0.2, 0) is 30.8 Å². The minimum atomic E-state index is -4.96. The second-order valence-electron chi connectivity index (χ2n) is 9.22. The van der Waals surface area contributed by atoms with E-state index in [9.17, 15) is 22.4 Å². The monoisotopic (exact) mass is 631 g/mol. The Morgan fingerprint density at radius 2 is 1.66 bits per heavy atom. The number of hydrogen-bond donors (Lipinski definition) is 0. The standard InChI is InChI=1S/C29H28F3N5O6S/c1-4-36-16-20(19-12-14-33-15-13-19)28(34-36)26-22(31)10-11-23(27(26)32)37(44(40,41)24-9-7-6-8-21(24)30)18-43-29(39)35(3)17-25(38)42-5-2/h6-16H,4-5,17-18H2,1-3H3. The number of carbonyl (C=O) groups excluding carboxylic acids is 2. The molecule has 2 heterocycles. The molecular formula is C29H28F3N5O6S. The average molecular weight is 632 g/mol. The van der Waals surface area contributed by atoms with E-state index in [-0.39, 0.29) is 12.3 Å². The first kappa shape index (κ1) is 32.0. The molecule has 0 unspecified atom stereocenters. The Labute approximate surface area is 251 Å². The number of amides is 1. The van der Waals surface area contributed by atoms with Crippen molar-refractivity contribution in [1.82, 2.24) is 19.7 Å². The van der Waals surface area contributed by atoms with Gasteiger partial charge in [-0.2, -0.15) is 5.10 Å². The van der Waals surface area contributed by atoms with Crippen LogP contribution in [0, 0.1) is 17.5 Å². The molecule has 0 fully saturated rings. The molecule has 232 valence electrons. The lowest BCUT2D eigenvalue weighted by molar-refractivity contribution is -0.143. The molecule has 0 bridgehead atoms. The number of anilines is 1. The Kier molecular flexibility index (Phi) is 9.88. The van der Waals surface area contributed by atoms with Gasteiger partial charge in [0, 0.05) is 37.7 Å². The van der Waals surface area contributed by atoms with E-state index in [0.717, 1.165) is 29.2 Å². The molecule has 0 spiro atoms. The summed E-state index contributed by atoms with van der Waals surface area (Å²) in [6.07, 6.45) is 3.38. The second-order valence-corrected chi connectivity index (χ2v) is 11.1. The normalized spacial score (nSPS) is 11.2. The van der Waals surface area contributed by atoms with Crippen LogP contribution in [0.4, 0.5) is 23.7 Å². The van der Waals surface area contributed by atoms with Gasteiger partial charge in [-0.1, -0.05) is 12.1 Å². The SMILES string of the molecule is CCOC(=O)CN(C)C(=O)OCN(c1ccc(F)c(-c2nn(CC)cc2-c2ccncc2)c1F)S(=O)(=O)c1ccccc1F. The van der Waals surface area contributed by atoms with Crippen LogP contribution in [0.3, 0.4) is 0 Å². The van der Waals surface area contributed by atoms with Gasteiger partial charge in [0.25, 0.3) is 10.0 Å². The minimum Gasteiger partial charge on any atom is -0.465 e. The molecule has 4 aromatic rings. The van der Waals surface area contributed by atoms with Gasteiger partial charge in [-0.15, -0.1) is 0 Å². The van der Waals surface area contributed by atoms with E-state index in [1.165, 1.54) is 36.3 Å². The average Bonchev–Trinajstić information content (AvgIpc) is 3.42. The van der Waals surface area contributed by atoms with E-state index in [0.29, 0.717) is 22.0 Å². The summed E-state index contributed by atoms with van der Waals surface area (Å²) in [5.74, 6) is -4.34. The van der Waals surface area contributed by atoms with Crippen molar-refractivity contribution in [3.05, 3.63) is 84.6 Å². The summed E-state index contributed by atoms with van der Waals surface area (Å²) in [5.41, 5.74) is -0.685. The van der Waals surface area contributed by atoms with Gasteiger partial charge in [0.2, 0.25) is 0 Å². The quantitative estimate of drug-likeness (QED) is 0.170. The first-order valence-electron chi connectivity index (χ1n) is 13.3. The molecule has 0 aliphatic heterocycles. The number of carbonyl (C=O) groups is 2. The highest BCUT2D eigenvalue weighted by Crippen LogP contribution is 2.39. The maximum absolute atomic E-state index is 16.5. The van der Waals surface area contributed by atoms with Crippen molar-refractivity contribution in [2.24, 2.45) is 0 Å². The van der Waals surface area contributed by atoms with Gasteiger partial charge >= 0.3 is 12.1 Å². The molecule has 0 aliphatic rings. The number of aryl methyl sites for hydroxylation is 1. The van der Waals surface area contributed by atoms with Gasteiger partial charge in [0.15, 0.2) is 12.5 Å². The number of sulfonamides is 1. The zero-order valence-electron chi connectivity index (χ0n) is 23.9. The van der Waals surface area contributed by atoms with E-state index in [1.54, 1.807) is 32.2 Å². The number of benzene rings is 2. The first-order chi connectivity index (χ1) is 21.0. The van der Waals surface area contributed by atoms with Crippen molar-refractivity contribution in [3.8, 4) is 22.4 Å². The number of hydrogen-bond acceptors (Lipinski definition) is 8. The lowest BCUT2D eigenvalue weighted by atomic mass is 10.0. The summed E-state index contributed by atoms with van der Waals surface area (Å²) >= 11 is 0. The van der Waals surface area contributed by atoms with Crippen molar-refractivity contribution in [2.45, 2.75) is 25.3 Å². The van der Waals surface area contributed by atoms with E-state index >= 15 is 8.78 Å². The third-order valence-corrected chi connectivity index (χ3v) is 8.12. The number of esters is 1. The van der Waals surface area contributed by atoms with Crippen LogP contribution in [-0.4, -0.2) is 67.1 Å². The summed E-state index contributed by atoms with van der Waals surface area (Å²) < 4.78 is 85.7. The summed E-state index contributed by atoms with van der Waals surface area (Å²) in [6, 6.07) is 9.21. The fourth-order valence-electron chi connectivity index (χ4n) is 4.19. The maximum Gasteiger partial charge on any atom is 0.411 e. The highest BCUT2D eigenvalue weighted by atomic mass is 32.2. The number of rotatable bonds is 11. The van der Waals surface area contributed by atoms with Crippen molar-refractivity contribution in [3.63, 3.8) is 0 Å². The maximum atomic E-state index is 16.5. The molecule has 44 heavy (non-hydrogen) atoms. The lowest BCUT2D eigenvalue weighted by Gasteiger charge is -2.26. The van der Waals surface area contributed by atoms with Crippen molar-refractivity contribution < 1.29 is 40.7 Å². The molecule has 4 rings (SSSR count). The Hall–Kier alpha value is -4.92. The number of ether oxygens (including phenoxy) is 2. The number of pyridine rings is 1. The van der Waals surface area contributed by atoms with Crippen molar-refractivity contribution in [1.29, 1.82) is 0 Å². The Morgan fingerprint density at radius 1 is 0.955 bits per heavy atom. The molecule has 2 aromatic carbocycles. The van der Waals surface area contributed by atoms with Crippen LogP contribution < -0.4 is 4.31 Å². The highest BCUT2D eigenvalue weighted by Gasteiger charge is 2.34. The molecule has 1 amide bonds. The summed E-state index contributed by atoms with van der Waals surface area (Å²) in [4.78, 5) is 28.3. The van der Waals surface area contributed by atoms with E-state index < -0.39 is 69.0 Å². The third kappa shape index (κ3) is 6.67. The number of nitrogens with zero attached hydrogens (tertiary/aromatic N) is 5. The van der Waals surface area contributed by atoms with E-state index in [1.807, 2.05) is 0 Å². The molecule has 0 radical (unpaired) electrons. The fraction of sp³-hybridized carbons (Fsp3) is 0.241. The predicted molar refractivity (Wildman–Crippen MR) is 153 cm³/mol. The minimum absolute atomic E-state index is 0.0575. The largest absolute Gasteiger partial charge is 0.465 e. The molecule has 0 saturated carbocycles. The molecule has 11 nitrogen and oxygen atoms in total. The zero-order chi connectivity index (χ0) is 32.0. The summed E-state index contributed by atoms with van der Waals surface area (Å²) in [5, 5.41) is 4.32. The van der Waals surface area contributed by atoms with E-state index in [2.05, 4.69) is 10.1 Å². The number of likely N-dealkylation sites (N-methyl/N-ethyl adjacent to an activating group) is 1. The fourth-order valence-corrected chi connectivity index (χ4v) is 5.59. The smallest absolute Gasteiger partial charge is 0.411 e. The van der Waals surface area contributed by atoms with Crippen molar-refractivity contribution >= 4 is 27.8 Å². The van der Waals surface area contributed by atoms with Gasteiger partial charge in [-0.25, -0.2) is 30.7 Å². The van der Waals surface area contributed by atoms with Crippen LogP contribution in [0.2, 0.25) is 0 Å². The van der Waals surface area contributed by atoms with Gasteiger partial charge in [-0.3, -0.25) is 14.5 Å². The molecule has 0 N–H and O–H groups in total. The van der Waals surface area contributed by atoms with Gasteiger partial charge < -0.3 is 14.4 Å². The summed E-state index contributed by atoms with van der Waals surface area (Å²) in [6.45, 7) is 2.06. The lowest BCUT2D eigenvalue weighted by Crippen LogP contribution is -2.39. The highest BCUT2D eigenvalue weighted by molar-refractivity contribution is 7.92. The Bertz CT molecular complexity index is 1770. The predicted octanol–water partition coefficient (Wildman–Crippen LogP) is 4.83.